The average molecular weight is 1870 g/mol. The summed E-state index contributed by atoms with van der Waals surface area (Å²) >= 11 is 0. The van der Waals surface area contributed by atoms with Crippen molar-refractivity contribution in [3.05, 3.63) is 0 Å². The lowest BCUT2D eigenvalue weighted by Crippen LogP contribution is -2.50. The van der Waals surface area contributed by atoms with Gasteiger partial charge in [0, 0.05) is 147 Å². The first-order valence-corrected chi connectivity index (χ1v) is 53.2. The van der Waals surface area contributed by atoms with E-state index >= 15 is 0 Å². The Bertz CT molecular complexity index is 2650. The van der Waals surface area contributed by atoms with Crippen LogP contribution in [0.1, 0.15) is 349 Å². The van der Waals surface area contributed by atoms with Crippen molar-refractivity contribution < 1.29 is 31.0 Å². The Balaban J connectivity index is -0.000000248. The Labute approximate surface area is 807 Å². The standard InChI is InChI=1S/C10H19N.C9H16O.C8H18N2O2S.C8H18N2.C8H17NO2S.2C8H17NO.3C8H17N.2C7H15N.9CH4/c1-8(2)9-6-10-4-3-5-11(10)7-9;1-7(2)8-5-9(3-4-9)10-6-8;1-8(2)9-4-6-10(7-5-9)13(3,11)12;1-8(2)10-6-4-9(3)5-7-10;1-7(2)8-4-5-9(6-8)12(3,10)11;1-7(2)8-6-10-5-4-9(8)3;1-7(2)8-6-9(3)4-5-10-8;1-7(2)8-4-5-9(3)6-8;2*1-8(2)9-6-4-3-5-7-9;2*1-7(2)8-5-3-4-6-8;;;;;;;;;/h8-10H,3-7H2,1-2H3;7-8H,3-6H2,1-2H3;8H,4-7H2,1-3H3;8H,4-7H2,1-3H3;7-8H,4-6H2,1-3H3;2*7-8H,4-6H2,1-3H3;7-8H,4-6H2,1-3H3;2*8H,3-7H2,1-2H3;2*7H,3-6H2,1-2H3;9*1H4. The van der Waals surface area contributed by atoms with Crippen molar-refractivity contribution in [2.24, 2.45) is 59.2 Å². The Kier molecular flexibility index (Phi) is 81.5. The maximum absolute atomic E-state index is 11.2. The number of ether oxygens (including phenoxy) is 3. The van der Waals surface area contributed by atoms with E-state index in [2.05, 4.69) is 248 Å². The number of hydrogen-bond donors (Lipinski definition) is 0. The van der Waals surface area contributed by atoms with Crippen LogP contribution in [0.5, 0.6) is 0 Å². The molecule has 13 saturated heterocycles. The molecule has 782 valence electrons. The van der Waals surface area contributed by atoms with Crippen LogP contribution in [0.25, 0.3) is 0 Å². The van der Waals surface area contributed by atoms with Crippen molar-refractivity contribution in [1.29, 1.82) is 0 Å². The Hall–Kier alpha value is -0.740. The number of nitrogens with zero attached hydrogens (tertiary/aromatic N) is 13. The smallest absolute Gasteiger partial charge is 0.211 e. The zero-order valence-corrected chi connectivity index (χ0v) is 85.8. The number of hydrogen-bond acceptors (Lipinski definition) is 18. The van der Waals surface area contributed by atoms with Crippen molar-refractivity contribution in [2.45, 2.75) is 409 Å². The number of likely N-dealkylation sites (N-methyl/N-ethyl adjacent to an activating group) is 3. The van der Waals surface area contributed by atoms with Gasteiger partial charge in [0.1, 0.15) is 0 Å². The van der Waals surface area contributed by atoms with E-state index in [1.807, 2.05) is 0 Å². The number of likely N-dealkylation sites (tertiary alicyclic amines) is 5. The average Bonchev–Trinajstić information content (AvgIpc) is 1.62. The number of rotatable bonds is 14. The van der Waals surface area contributed by atoms with Gasteiger partial charge in [0.2, 0.25) is 20.0 Å². The molecule has 128 heavy (non-hydrogen) atoms. The molecular weight excluding hydrogens is 1630 g/mol. The van der Waals surface area contributed by atoms with Gasteiger partial charge in [-0.25, -0.2) is 21.1 Å². The van der Waals surface area contributed by atoms with E-state index in [0.29, 0.717) is 67.1 Å². The van der Waals surface area contributed by atoms with Crippen LogP contribution < -0.4 is 0 Å². The van der Waals surface area contributed by atoms with Crippen LogP contribution in [0.2, 0.25) is 0 Å². The van der Waals surface area contributed by atoms with Gasteiger partial charge in [-0.3, -0.25) is 14.7 Å². The molecule has 0 aromatic carbocycles. The second kappa shape index (κ2) is 74.3. The van der Waals surface area contributed by atoms with Gasteiger partial charge in [0.05, 0.1) is 50.6 Å². The van der Waals surface area contributed by atoms with E-state index < -0.39 is 20.0 Å². The molecule has 13 heterocycles. The van der Waals surface area contributed by atoms with Gasteiger partial charge < -0.3 is 53.4 Å². The van der Waals surface area contributed by atoms with E-state index in [0.717, 1.165) is 144 Å². The lowest BCUT2D eigenvalue weighted by atomic mass is 9.92. The number of morpholine rings is 2. The normalized spacial score (nSPS) is 25.6. The van der Waals surface area contributed by atoms with Crippen molar-refractivity contribution in [3.63, 3.8) is 0 Å². The summed E-state index contributed by atoms with van der Waals surface area (Å²) in [5.74, 6) is 7.94. The fourth-order valence-corrected chi connectivity index (χ4v) is 20.1. The second-order valence-electron chi connectivity index (χ2n) is 42.3. The van der Waals surface area contributed by atoms with Crippen LogP contribution >= 0.6 is 0 Å². The van der Waals surface area contributed by atoms with E-state index in [1.54, 1.807) is 8.61 Å². The highest BCUT2D eigenvalue weighted by atomic mass is 32.2. The molecule has 0 bridgehead atoms. The molecule has 1 spiro atoms. The predicted octanol–water partition coefficient (Wildman–Crippen LogP) is 21.9. The topological polar surface area (TPSA) is 138 Å². The van der Waals surface area contributed by atoms with Crippen LogP contribution in [-0.2, 0) is 34.3 Å². The highest BCUT2D eigenvalue weighted by Crippen LogP contribution is 2.50. The SMILES string of the molecule is C.C.C.C.C.C.C.C.C.CC(C)C1CC2CCCN2C1.CC(C)C1CCN(C)C1.CC(C)C1CCN(S(C)(=O)=O)C1.CC(C)C1CN(C)CCO1.CC(C)C1COC2(CC2)C1.CC(C)C1COCCN1C.CC(C)N1CCCC1.CC(C)N1CCCC1.CC(C)N1CCCCC1.CC(C)N1CCCCC1.CC(C)N1CCN(C)CC1.CC(C)N1CCN(S(C)(=O)=O)CC1. The summed E-state index contributed by atoms with van der Waals surface area (Å²) in [4.78, 5) is 27.2. The Morgan fingerprint density at radius 2 is 0.672 bits per heavy atom. The summed E-state index contributed by atoms with van der Waals surface area (Å²) in [7, 11) is 2.82. The minimum absolute atomic E-state index is 0. The Morgan fingerprint density at radius 3 is 0.938 bits per heavy atom. The fourth-order valence-electron chi connectivity index (χ4n) is 18.4. The number of fused-ring (bicyclic) bond motifs is 1. The number of piperazine rings is 2. The van der Waals surface area contributed by atoms with Gasteiger partial charge >= 0.3 is 0 Å². The minimum Gasteiger partial charge on any atom is -0.378 e. The third kappa shape index (κ3) is 58.2. The summed E-state index contributed by atoms with van der Waals surface area (Å²) in [5, 5.41) is 0. The summed E-state index contributed by atoms with van der Waals surface area (Å²) in [6.07, 6.45) is 28.1. The number of piperidine rings is 2. The first-order chi connectivity index (χ1) is 55.8. The van der Waals surface area contributed by atoms with Gasteiger partial charge in [-0.2, -0.15) is 4.31 Å². The predicted molar refractivity (Wildman–Crippen MR) is 573 cm³/mol. The third-order valence-corrected chi connectivity index (χ3v) is 31.0. The van der Waals surface area contributed by atoms with Crippen LogP contribution in [-0.4, -0.2) is 370 Å². The molecule has 13 aliphatic heterocycles. The van der Waals surface area contributed by atoms with E-state index in [1.165, 1.54) is 226 Å². The Morgan fingerprint density at radius 1 is 0.305 bits per heavy atom. The molecule has 0 radical (unpaired) electrons. The monoisotopic (exact) mass is 1870 g/mol. The highest BCUT2D eigenvalue weighted by molar-refractivity contribution is 7.88. The minimum atomic E-state index is -2.97. The molecule has 20 nitrogen and oxygen atoms in total. The van der Waals surface area contributed by atoms with Crippen molar-refractivity contribution in [2.75, 3.05) is 231 Å². The van der Waals surface area contributed by atoms with Gasteiger partial charge in [-0.15, -0.1) is 0 Å². The van der Waals surface area contributed by atoms with Crippen molar-refractivity contribution in [1.82, 2.24) is 62.5 Å². The van der Waals surface area contributed by atoms with E-state index in [9.17, 15) is 16.8 Å². The summed E-state index contributed by atoms with van der Waals surface area (Å²) in [6, 6.07) is 5.94. The first kappa shape index (κ1) is 140. The van der Waals surface area contributed by atoms with Crippen LogP contribution in [0.4, 0.5) is 0 Å². The zero-order chi connectivity index (χ0) is 89.3. The summed E-state index contributed by atoms with van der Waals surface area (Å²) in [6.45, 7) is 86.6. The van der Waals surface area contributed by atoms with E-state index in [4.69, 9.17) is 14.2 Å². The molecule has 0 N–H and O–H groups in total. The fraction of sp³-hybridized carbons (Fsp3) is 1.00. The first-order valence-electron chi connectivity index (χ1n) is 49.5. The molecule has 7 unspecified atom stereocenters. The number of sulfonamides is 2. The van der Waals surface area contributed by atoms with Crippen LogP contribution in [0, 0.1) is 59.2 Å². The molecule has 0 aromatic heterocycles. The molecule has 14 rings (SSSR count). The molecule has 1 saturated carbocycles. The highest BCUT2D eigenvalue weighted by Gasteiger charge is 2.50. The van der Waals surface area contributed by atoms with Crippen LogP contribution in [0.3, 0.4) is 0 Å². The quantitative estimate of drug-likeness (QED) is 0.163. The summed E-state index contributed by atoms with van der Waals surface area (Å²) in [5.41, 5.74) is 0.398. The molecule has 22 heteroatoms. The van der Waals surface area contributed by atoms with Gasteiger partial charge in [0.25, 0.3) is 0 Å². The zero-order valence-electron chi connectivity index (χ0n) is 84.2. The largest absolute Gasteiger partial charge is 0.378 e. The molecule has 14 aliphatic rings. The lowest BCUT2D eigenvalue weighted by Gasteiger charge is -2.35. The maximum atomic E-state index is 11.2. The molecule has 14 fully saturated rings. The summed E-state index contributed by atoms with van der Waals surface area (Å²) < 4.78 is 64.4. The molecule has 7 atom stereocenters. The van der Waals surface area contributed by atoms with Crippen molar-refractivity contribution >= 4 is 20.0 Å². The molecule has 1 aliphatic carbocycles. The van der Waals surface area contributed by atoms with Gasteiger partial charge in [-0.1, -0.05) is 163 Å². The molecule has 0 aromatic rings. The van der Waals surface area contributed by atoms with E-state index in [-0.39, 0.29) is 66.8 Å². The second-order valence-corrected chi connectivity index (χ2v) is 46.2. The molecule has 0 amide bonds. The lowest BCUT2D eigenvalue weighted by molar-refractivity contribution is -0.0424. The van der Waals surface area contributed by atoms with Gasteiger partial charge in [-0.05, 0) is 339 Å². The maximum Gasteiger partial charge on any atom is 0.211 e. The molecular formula is C106H239N13O7S2. The van der Waals surface area contributed by atoms with Crippen molar-refractivity contribution in [3.8, 4) is 0 Å². The van der Waals surface area contributed by atoms with Gasteiger partial charge in [0.15, 0.2) is 0 Å². The van der Waals surface area contributed by atoms with Crippen LogP contribution in [0.15, 0.2) is 0 Å². The third-order valence-electron chi connectivity index (χ3n) is 28.4.